The Morgan fingerprint density at radius 3 is 2.50 bits per heavy atom. The summed E-state index contributed by atoms with van der Waals surface area (Å²) in [5.74, 6) is -1.35. The molecule has 0 radical (unpaired) electrons. The van der Waals surface area contributed by atoms with Crippen molar-refractivity contribution >= 4 is 29.2 Å². The van der Waals surface area contributed by atoms with E-state index in [1.165, 1.54) is 4.68 Å². The highest BCUT2D eigenvalue weighted by Crippen LogP contribution is 2.19. The lowest BCUT2D eigenvalue weighted by molar-refractivity contribution is -0.117. The van der Waals surface area contributed by atoms with Gasteiger partial charge < -0.3 is 15.4 Å². The van der Waals surface area contributed by atoms with Crippen molar-refractivity contribution in [3.63, 3.8) is 0 Å². The summed E-state index contributed by atoms with van der Waals surface area (Å²) in [7, 11) is 0. The molecule has 0 saturated carbocycles. The summed E-state index contributed by atoms with van der Waals surface area (Å²) in [6.45, 7) is 7.27. The molecule has 0 atom stereocenters. The first-order chi connectivity index (χ1) is 15.3. The van der Waals surface area contributed by atoms with Gasteiger partial charge in [-0.2, -0.15) is 0 Å². The smallest absolute Gasteiger partial charge is 0.340 e. The van der Waals surface area contributed by atoms with Gasteiger partial charge in [0.1, 0.15) is 6.54 Å². The van der Waals surface area contributed by atoms with Crippen LogP contribution < -0.4 is 10.6 Å². The summed E-state index contributed by atoms with van der Waals surface area (Å²) < 4.78 is 6.35. The van der Waals surface area contributed by atoms with E-state index >= 15 is 0 Å². The van der Waals surface area contributed by atoms with Crippen LogP contribution in [0.25, 0.3) is 0 Å². The van der Waals surface area contributed by atoms with E-state index in [1.807, 2.05) is 32.0 Å². The van der Waals surface area contributed by atoms with Crippen LogP contribution in [-0.2, 0) is 16.1 Å². The first kappa shape index (κ1) is 22.7. The maximum absolute atomic E-state index is 12.7. The van der Waals surface area contributed by atoms with E-state index in [1.54, 1.807) is 38.1 Å². The zero-order chi connectivity index (χ0) is 23.3. The van der Waals surface area contributed by atoms with E-state index in [0.717, 1.165) is 11.1 Å². The molecular weight excluding hydrogens is 410 g/mol. The Hall–Kier alpha value is -4.01. The molecule has 2 aromatic carbocycles. The molecule has 0 aliphatic heterocycles. The Balaban J connectivity index is 1.71. The number of nitrogens with one attached hydrogen (secondary N) is 2. The van der Waals surface area contributed by atoms with Crippen molar-refractivity contribution in [2.24, 2.45) is 0 Å². The number of aromatic nitrogens is 3. The second-order valence-electron chi connectivity index (χ2n) is 7.27. The summed E-state index contributed by atoms with van der Waals surface area (Å²) in [4.78, 5) is 37.3. The monoisotopic (exact) mass is 435 g/mol. The standard InChI is InChI=1S/C23H25N5O4/c1-5-32-23(31)17-8-6-7-9-18(17)24-20(29)13-28-16(4)21(26-27-28)22(30)25-19-12-14(2)10-11-15(19)3/h6-12H,5,13H2,1-4H3,(H,24,29)(H,25,30). The number of esters is 1. The van der Waals surface area contributed by atoms with E-state index in [9.17, 15) is 14.4 Å². The molecular formula is C23H25N5O4. The summed E-state index contributed by atoms with van der Waals surface area (Å²) in [5.41, 5.74) is 3.80. The van der Waals surface area contributed by atoms with E-state index in [-0.39, 0.29) is 24.4 Å². The molecule has 0 spiro atoms. The first-order valence-electron chi connectivity index (χ1n) is 10.1. The number of hydrogen-bond donors (Lipinski definition) is 2. The van der Waals surface area contributed by atoms with Crippen molar-refractivity contribution in [3.05, 3.63) is 70.5 Å². The maximum Gasteiger partial charge on any atom is 0.340 e. The number of aryl methyl sites for hydroxylation is 2. The van der Waals surface area contributed by atoms with Crippen LogP contribution in [0.1, 0.15) is 44.6 Å². The number of carbonyl (C=O) groups is 3. The van der Waals surface area contributed by atoms with Crippen LogP contribution in [-0.4, -0.2) is 39.4 Å². The first-order valence-corrected chi connectivity index (χ1v) is 10.1. The molecule has 166 valence electrons. The molecule has 0 saturated heterocycles. The van der Waals surface area contributed by atoms with Crippen LogP contribution in [0, 0.1) is 20.8 Å². The maximum atomic E-state index is 12.7. The number of ether oxygens (including phenoxy) is 1. The predicted molar refractivity (Wildman–Crippen MR) is 120 cm³/mol. The second-order valence-corrected chi connectivity index (χ2v) is 7.27. The van der Waals surface area contributed by atoms with Gasteiger partial charge in [0.15, 0.2) is 5.69 Å². The van der Waals surface area contributed by atoms with Crippen LogP contribution >= 0.6 is 0 Å². The van der Waals surface area contributed by atoms with Crippen LogP contribution in [0.2, 0.25) is 0 Å². The average Bonchev–Trinajstić information content (AvgIpc) is 3.11. The molecule has 1 heterocycles. The van der Waals surface area contributed by atoms with Gasteiger partial charge in [-0.1, -0.05) is 29.5 Å². The zero-order valence-electron chi connectivity index (χ0n) is 18.4. The fourth-order valence-electron chi connectivity index (χ4n) is 3.08. The number of rotatable bonds is 7. The number of hydrogen-bond acceptors (Lipinski definition) is 6. The highest BCUT2D eigenvalue weighted by molar-refractivity contribution is 6.04. The van der Waals surface area contributed by atoms with Crippen LogP contribution in [0.5, 0.6) is 0 Å². The Labute approximate surface area is 185 Å². The largest absolute Gasteiger partial charge is 0.462 e. The van der Waals surface area contributed by atoms with Gasteiger partial charge in [0.05, 0.1) is 23.6 Å². The fourth-order valence-corrected chi connectivity index (χ4v) is 3.08. The Kier molecular flexibility index (Phi) is 6.99. The minimum absolute atomic E-state index is 0.130. The van der Waals surface area contributed by atoms with Gasteiger partial charge in [0.2, 0.25) is 5.91 Å². The molecule has 1 aromatic heterocycles. The Bertz CT molecular complexity index is 1170. The summed E-state index contributed by atoms with van der Waals surface area (Å²) in [6.07, 6.45) is 0. The zero-order valence-corrected chi connectivity index (χ0v) is 18.4. The van der Waals surface area contributed by atoms with Gasteiger partial charge >= 0.3 is 5.97 Å². The molecule has 0 bridgehead atoms. The SMILES string of the molecule is CCOC(=O)c1ccccc1NC(=O)Cn1nnc(C(=O)Nc2cc(C)ccc2C)c1C. The van der Waals surface area contributed by atoms with Gasteiger partial charge in [-0.3, -0.25) is 9.59 Å². The molecule has 0 aliphatic rings. The normalized spacial score (nSPS) is 10.5. The topological polar surface area (TPSA) is 115 Å². The van der Waals surface area contributed by atoms with Crippen molar-refractivity contribution in [1.29, 1.82) is 0 Å². The molecule has 9 heteroatoms. The minimum atomic E-state index is -0.522. The van der Waals surface area contributed by atoms with Gasteiger partial charge in [-0.05, 0) is 57.0 Å². The molecule has 9 nitrogen and oxygen atoms in total. The van der Waals surface area contributed by atoms with Crippen LogP contribution in [0.15, 0.2) is 42.5 Å². The number of anilines is 2. The predicted octanol–water partition coefficient (Wildman–Crippen LogP) is 3.27. The van der Waals surface area contributed by atoms with Gasteiger partial charge in [-0.15, -0.1) is 5.10 Å². The third-order valence-electron chi connectivity index (χ3n) is 4.83. The van der Waals surface area contributed by atoms with Crippen molar-refractivity contribution < 1.29 is 19.1 Å². The highest BCUT2D eigenvalue weighted by Gasteiger charge is 2.20. The third-order valence-corrected chi connectivity index (χ3v) is 4.83. The van der Waals surface area contributed by atoms with Gasteiger partial charge in [0.25, 0.3) is 5.91 Å². The molecule has 2 amide bonds. The third kappa shape index (κ3) is 5.18. The fraction of sp³-hybridized carbons (Fsp3) is 0.261. The number of carbonyl (C=O) groups excluding carboxylic acids is 3. The molecule has 0 unspecified atom stereocenters. The van der Waals surface area contributed by atoms with E-state index in [4.69, 9.17) is 4.74 Å². The number of benzene rings is 2. The Morgan fingerprint density at radius 1 is 1.00 bits per heavy atom. The minimum Gasteiger partial charge on any atom is -0.462 e. The van der Waals surface area contributed by atoms with Crippen LogP contribution in [0.3, 0.4) is 0 Å². The molecule has 3 rings (SSSR count). The second kappa shape index (κ2) is 9.86. The molecule has 32 heavy (non-hydrogen) atoms. The molecule has 2 N–H and O–H groups in total. The summed E-state index contributed by atoms with van der Waals surface area (Å²) in [5, 5.41) is 13.4. The number of amides is 2. The molecule has 0 fully saturated rings. The molecule has 3 aromatic rings. The lowest BCUT2D eigenvalue weighted by atomic mass is 10.1. The molecule has 0 aliphatic carbocycles. The number of nitrogens with zero attached hydrogens (tertiary/aromatic N) is 3. The lowest BCUT2D eigenvalue weighted by Gasteiger charge is -2.11. The quantitative estimate of drug-likeness (QED) is 0.551. The van der Waals surface area contributed by atoms with E-state index in [2.05, 4.69) is 20.9 Å². The van der Waals surface area contributed by atoms with Crippen molar-refractivity contribution in [3.8, 4) is 0 Å². The lowest BCUT2D eigenvalue weighted by Crippen LogP contribution is -2.22. The average molecular weight is 435 g/mol. The van der Waals surface area contributed by atoms with E-state index < -0.39 is 17.8 Å². The van der Waals surface area contributed by atoms with Crippen molar-refractivity contribution in [2.75, 3.05) is 17.2 Å². The Morgan fingerprint density at radius 2 is 1.75 bits per heavy atom. The van der Waals surface area contributed by atoms with Gasteiger partial charge in [-0.25, -0.2) is 9.48 Å². The summed E-state index contributed by atoms with van der Waals surface area (Å²) >= 11 is 0. The summed E-state index contributed by atoms with van der Waals surface area (Å²) in [6, 6.07) is 12.3. The van der Waals surface area contributed by atoms with Crippen molar-refractivity contribution in [1.82, 2.24) is 15.0 Å². The van der Waals surface area contributed by atoms with Crippen LogP contribution in [0.4, 0.5) is 11.4 Å². The van der Waals surface area contributed by atoms with E-state index in [0.29, 0.717) is 17.1 Å². The van der Waals surface area contributed by atoms with Gasteiger partial charge in [0, 0.05) is 5.69 Å². The highest BCUT2D eigenvalue weighted by atomic mass is 16.5. The van der Waals surface area contributed by atoms with Crippen molar-refractivity contribution in [2.45, 2.75) is 34.2 Å². The number of para-hydroxylation sites is 1.